The molecule has 4 aliphatic rings. The van der Waals surface area contributed by atoms with E-state index in [1.807, 2.05) is 6.08 Å². The van der Waals surface area contributed by atoms with Gasteiger partial charge in [-0.25, -0.2) is 4.39 Å². The number of imide groups is 2. The van der Waals surface area contributed by atoms with Gasteiger partial charge in [-0.05, 0) is 104 Å². The van der Waals surface area contributed by atoms with Gasteiger partial charge in [0.15, 0.2) is 11.5 Å². The third kappa shape index (κ3) is 4.50. The molecule has 3 aromatic carbocycles. The van der Waals surface area contributed by atoms with Crippen LogP contribution >= 0.6 is 43.5 Å². The Labute approximate surface area is 289 Å². The molecule has 242 valence electrons. The lowest BCUT2D eigenvalue weighted by Crippen LogP contribution is -2.53. The number of halogens is 4. The Balaban J connectivity index is 1.52. The minimum Gasteiger partial charge on any atom is -0.503 e. The molecule has 3 fully saturated rings. The Kier molecular flexibility index (Phi) is 7.73. The van der Waals surface area contributed by atoms with Gasteiger partial charge in [0.2, 0.25) is 0 Å². The quantitative estimate of drug-likeness (QED) is 0.161. The summed E-state index contributed by atoms with van der Waals surface area (Å²) in [5.74, 6) is -7.89. The SMILES string of the molecule is COc1cc([C@H]2C3=CC[C@@H]4C(=O)N(O)C(=O)[C@@H]4[C@@H]3C[C@H]3C(=O)N(Nc4ccc(F)cc4)C(=O)[C@@]23c2ccc(Cl)cc2)c(Br)c(Br)c1O. The third-order valence-electron chi connectivity index (χ3n) is 9.94. The summed E-state index contributed by atoms with van der Waals surface area (Å²) in [6.45, 7) is 0. The zero-order valence-electron chi connectivity index (χ0n) is 24.4. The number of anilines is 1. The number of hydrazine groups is 1. The first-order chi connectivity index (χ1) is 22.4. The molecule has 14 heteroatoms. The van der Waals surface area contributed by atoms with E-state index in [-0.39, 0.29) is 39.6 Å². The molecular formula is C33H25Br2ClFN3O7. The van der Waals surface area contributed by atoms with E-state index in [0.29, 0.717) is 26.2 Å². The van der Waals surface area contributed by atoms with Crippen LogP contribution in [0.4, 0.5) is 10.1 Å². The summed E-state index contributed by atoms with van der Waals surface area (Å²) in [5.41, 5.74) is 3.07. The number of carbonyl (C=O) groups excluding carboxylic acids is 4. The predicted octanol–water partition coefficient (Wildman–Crippen LogP) is 6.09. The number of amides is 4. The van der Waals surface area contributed by atoms with Crippen molar-refractivity contribution < 1.29 is 38.6 Å². The molecule has 47 heavy (non-hydrogen) atoms. The number of hydrogen-bond acceptors (Lipinski definition) is 8. The topological polar surface area (TPSA) is 136 Å². The van der Waals surface area contributed by atoms with Crippen molar-refractivity contribution in [3.63, 3.8) is 0 Å². The van der Waals surface area contributed by atoms with Crippen molar-refractivity contribution in [2.24, 2.45) is 23.7 Å². The minimum absolute atomic E-state index is 0.000829. The standard InChI is InChI=1S/C33H25Br2ClFN3O7/c1-47-23-13-21(26(34)27(35)28(23)41)25-18-10-11-19-24(31(44)40(46)29(19)42)20(18)12-22-30(43)39(38-17-8-6-16(37)7-9-17)32(45)33(22,25)14-2-4-15(36)5-3-14/h2-10,13,19-20,22,24-25,38,41,46H,11-12H2,1H3/t19-,20+,22-,24-,25+,33+/m0/s1. The number of benzene rings is 3. The number of methoxy groups -OCH3 is 1. The first kappa shape index (κ1) is 31.8. The smallest absolute Gasteiger partial charge is 0.260 e. The maximum atomic E-state index is 15.1. The van der Waals surface area contributed by atoms with E-state index in [4.69, 9.17) is 16.3 Å². The van der Waals surface area contributed by atoms with Crippen LogP contribution in [-0.4, -0.2) is 51.1 Å². The number of hydroxylamine groups is 2. The number of allylic oxidation sites excluding steroid dienone is 2. The van der Waals surface area contributed by atoms with Crippen LogP contribution in [-0.2, 0) is 24.6 Å². The number of phenolic OH excluding ortho intramolecular Hbond substituents is 1. The molecule has 3 N–H and O–H groups in total. The highest BCUT2D eigenvalue weighted by Crippen LogP contribution is 2.65. The van der Waals surface area contributed by atoms with Gasteiger partial charge in [-0.15, -0.1) is 0 Å². The molecular weight excluding hydrogens is 765 g/mol. The van der Waals surface area contributed by atoms with Crippen LogP contribution in [0.15, 0.2) is 75.2 Å². The number of ether oxygens (including phenoxy) is 1. The van der Waals surface area contributed by atoms with Crippen molar-refractivity contribution >= 4 is 72.8 Å². The molecule has 0 aromatic heterocycles. The third-order valence-corrected chi connectivity index (χ3v) is 12.3. The Hall–Kier alpha value is -3.78. The van der Waals surface area contributed by atoms with Crippen LogP contribution in [0.3, 0.4) is 0 Å². The fourth-order valence-electron chi connectivity index (χ4n) is 7.96. The van der Waals surface area contributed by atoms with E-state index in [2.05, 4.69) is 37.3 Å². The fourth-order valence-corrected chi connectivity index (χ4v) is 9.04. The summed E-state index contributed by atoms with van der Waals surface area (Å²) in [4.78, 5) is 56.0. The number of hydrogen-bond donors (Lipinski definition) is 3. The molecule has 2 saturated heterocycles. The lowest BCUT2D eigenvalue weighted by Gasteiger charge is -2.51. The van der Waals surface area contributed by atoms with Crippen molar-refractivity contribution in [3.8, 4) is 11.5 Å². The van der Waals surface area contributed by atoms with Gasteiger partial charge in [-0.2, -0.15) is 10.1 Å². The Bertz CT molecular complexity index is 1910. The molecule has 10 nitrogen and oxygen atoms in total. The number of aromatic hydroxyl groups is 1. The zero-order valence-corrected chi connectivity index (χ0v) is 28.3. The lowest BCUT2D eigenvalue weighted by atomic mass is 9.49. The van der Waals surface area contributed by atoms with Crippen molar-refractivity contribution in [2.45, 2.75) is 24.2 Å². The van der Waals surface area contributed by atoms with Crippen LogP contribution in [0.25, 0.3) is 0 Å². The van der Waals surface area contributed by atoms with Gasteiger partial charge in [0.1, 0.15) is 5.82 Å². The second-order valence-electron chi connectivity index (χ2n) is 12.0. The number of rotatable bonds is 5. The van der Waals surface area contributed by atoms with Gasteiger partial charge in [-0.1, -0.05) is 35.4 Å². The number of fused-ring (bicyclic) bond motifs is 4. The molecule has 0 bridgehead atoms. The van der Waals surface area contributed by atoms with Crippen LogP contribution in [0.2, 0.25) is 5.02 Å². The minimum atomic E-state index is -1.64. The first-order valence-electron chi connectivity index (χ1n) is 14.6. The number of phenols is 1. The zero-order chi connectivity index (χ0) is 33.5. The summed E-state index contributed by atoms with van der Waals surface area (Å²) < 4.78 is 19.9. The van der Waals surface area contributed by atoms with E-state index in [1.165, 1.54) is 31.4 Å². The highest BCUT2D eigenvalue weighted by molar-refractivity contribution is 9.13. The summed E-state index contributed by atoms with van der Waals surface area (Å²) in [6.07, 6.45) is 1.94. The summed E-state index contributed by atoms with van der Waals surface area (Å²) in [5, 5.41) is 22.7. The number of nitrogens with zero attached hydrogens (tertiary/aromatic N) is 2. The molecule has 0 radical (unpaired) electrons. The van der Waals surface area contributed by atoms with Crippen LogP contribution in [0.5, 0.6) is 11.5 Å². The van der Waals surface area contributed by atoms with E-state index in [1.54, 1.807) is 30.3 Å². The molecule has 2 heterocycles. The van der Waals surface area contributed by atoms with Gasteiger partial charge in [0.25, 0.3) is 23.6 Å². The first-order valence-corrected chi connectivity index (χ1v) is 16.6. The molecule has 6 atom stereocenters. The van der Waals surface area contributed by atoms with Crippen LogP contribution in [0, 0.1) is 29.5 Å². The molecule has 3 aromatic rings. The van der Waals surface area contributed by atoms with Gasteiger partial charge in [-0.3, -0.25) is 29.8 Å². The molecule has 4 amide bonds. The van der Waals surface area contributed by atoms with E-state index in [9.17, 15) is 29.1 Å². The molecule has 2 aliphatic heterocycles. The second-order valence-corrected chi connectivity index (χ2v) is 14.0. The summed E-state index contributed by atoms with van der Waals surface area (Å²) >= 11 is 13.3. The van der Waals surface area contributed by atoms with E-state index < -0.39 is 64.5 Å². The number of carbonyl (C=O) groups is 4. The van der Waals surface area contributed by atoms with Crippen molar-refractivity contribution in [2.75, 3.05) is 12.5 Å². The van der Waals surface area contributed by atoms with Crippen LogP contribution in [0.1, 0.15) is 29.9 Å². The highest BCUT2D eigenvalue weighted by atomic mass is 79.9. The van der Waals surface area contributed by atoms with Gasteiger partial charge in [0, 0.05) is 15.4 Å². The van der Waals surface area contributed by atoms with Gasteiger partial charge in [0.05, 0.1) is 40.4 Å². The average Bonchev–Trinajstić information content (AvgIpc) is 3.42. The monoisotopic (exact) mass is 787 g/mol. The summed E-state index contributed by atoms with van der Waals surface area (Å²) in [6, 6.07) is 13.4. The molecule has 2 aliphatic carbocycles. The maximum absolute atomic E-state index is 15.1. The van der Waals surface area contributed by atoms with E-state index >= 15 is 4.79 Å². The van der Waals surface area contributed by atoms with Crippen molar-refractivity contribution in [1.82, 2.24) is 10.1 Å². The normalized spacial score (nSPS) is 28.2. The Morgan fingerprint density at radius 3 is 2.32 bits per heavy atom. The number of nitrogens with one attached hydrogen (secondary N) is 1. The van der Waals surface area contributed by atoms with Crippen LogP contribution < -0.4 is 10.2 Å². The predicted molar refractivity (Wildman–Crippen MR) is 173 cm³/mol. The Morgan fingerprint density at radius 1 is 0.979 bits per heavy atom. The molecule has 7 rings (SSSR count). The largest absolute Gasteiger partial charge is 0.503 e. The van der Waals surface area contributed by atoms with Gasteiger partial charge >= 0.3 is 0 Å². The highest BCUT2D eigenvalue weighted by Gasteiger charge is 2.70. The average molecular weight is 790 g/mol. The van der Waals surface area contributed by atoms with E-state index in [0.717, 1.165) is 5.01 Å². The molecule has 0 unspecified atom stereocenters. The second kappa shape index (κ2) is 11.4. The van der Waals surface area contributed by atoms with Crippen molar-refractivity contribution in [3.05, 3.63) is 97.2 Å². The Morgan fingerprint density at radius 2 is 1.66 bits per heavy atom. The molecule has 0 spiro atoms. The van der Waals surface area contributed by atoms with Crippen molar-refractivity contribution in [1.29, 1.82) is 0 Å². The summed E-state index contributed by atoms with van der Waals surface area (Å²) in [7, 11) is 1.38. The lowest BCUT2D eigenvalue weighted by molar-refractivity contribution is -0.173. The fraction of sp³-hybridized carbons (Fsp3) is 0.273. The maximum Gasteiger partial charge on any atom is 0.260 e. The molecule has 1 saturated carbocycles. The van der Waals surface area contributed by atoms with Gasteiger partial charge < -0.3 is 9.84 Å².